The first-order valence-corrected chi connectivity index (χ1v) is 6.09. The highest BCUT2D eigenvalue weighted by atomic mass is 19.2. The second kappa shape index (κ2) is 6.21. The Morgan fingerprint density at radius 3 is 2.57 bits per heavy atom. The van der Waals surface area contributed by atoms with Crippen molar-refractivity contribution in [1.29, 1.82) is 0 Å². The van der Waals surface area contributed by atoms with Crippen molar-refractivity contribution in [3.8, 4) is 5.75 Å². The Morgan fingerprint density at radius 1 is 1.19 bits per heavy atom. The second-order valence-corrected chi connectivity index (χ2v) is 4.32. The molecule has 0 aromatic heterocycles. The van der Waals surface area contributed by atoms with Gasteiger partial charge in [0.2, 0.25) is 0 Å². The number of aliphatic carboxylic acids is 1. The number of carboxylic acid groups (broad SMARTS) is 1. The molecule has 0 fully saturated rings. The summed E-state index contributed by atoms with van der Waals surface area (Å²) >= 11 is 0. The van der Waals surface area contributed by atoms with Crippen LogP contribution in [0.5, 0.6) is 5.75 Å². The molecule has 6 heteroatoms. The molecule has 0 aliphatic carbocycles. The van der Waals surface area contributed by atoms with Crippen LogP contribution in [0.25, 0.3) is 0 Å². The number of benzene rings is 2. The van der Waals surface area contributed by atoms with Crippen molar-refractivity contribution < 1.29 is 23.4 Å². The maximum atomic E-state index is 13.2. The molecule has 0 saturated heterocycles. The van der Waals surface area contributed by atoms with E-state index in [2.05, 4.69) is 5.32 Å². The number of hydrogen-bond acceptors (Lipinski definition) is 3. The fraction of sp³-hybridized carbons (Fsp3) is 0.133. The standard InChI is InChI=1S/C15H13F2NO3/c1-21-11-4-2-3-10(8-11)18-14(15(19)20)9-5-6-12(16)13(17)7-9/h2-8,14,18H,1H3,(H,19,20). The Hall–Kier alpha value is -2.63. The van der Waals surface area contributed by atoms with Crippen LogP contribution in [0, 0.1) is 11.6 Å². The molecule has 0 aliphatic rings. The number of anilines is 1. The molecule has 1 unspecified atom stereocenters. The van der Waals surface area contributed by atoms with Crippen molar-refractivity contribution in [3.05, 3.63) is 59.7 Å². The Labute approximate surface area is 120 Å². The van der Waals surface area contributed by atoms with Crippen molar-refractivity contribution in [3.63, 3.8) is 0 Å². The summed E-state index contributed by atoms with van der Waals surface area (Å²) in [6.07, 6.45) is 0. The monoisotopic (exact) mass is 293 g/mol. The second-order valence-electron chi connectivity index (χ2n) is 4.32. The average Bonchev–Trinajstić information content (AvgIpc) is 2.47. The molecule has 2 aromatic carbocycles. The maximum Gasteiger partial charge on any atom is 0.330 e. The zero-order chi connectivity index (χ0) is 15.4. The highest BCUT2D eigenvalue weighted by Crippen LogP contribution is 2.24. The molecule has 0 saturated carbocycles. The Bertz CT molecular complexity index is 661. The molecule has 2 N–H and O–H groups in total. The van der Waals surface area contributed by atoms with E-state index >= 15 is 0 Å². The molecule has 0 radical (unpaired) electrons. The van der Waals surface area contributed by atoms with Gasteiger partial charge in [-0.3, -0.25) is 0 Å². The molecule has 1 atom stereocenters. The molecule has 0 heterocycles. The van der Waals surface area contributed by atoms with Gasteiger partial charge in [0.15, 0.2) is 17.7 Å². The van der Waals surface area contributed by atoms with Crippen LogP contribution in [0.4, 0.5) is 14.5 Å². The number of ether oxygens (including phenoxy) is 1. The number of hydrogen-bond donors (Lipinski definition) is 2. The highest BCUT2D eigenvalue weighted by molar-refractivity contribution is 5.79. The van der Waals surface area contributed by atoms with Crippen LogP contribution in [0.3, 0.4) is 0 Å². The van der Waals surface area contributed by atoms with E-state index < -0.39 is 23.6 Å². The summed E-state index contributed by atoms with van der Waals surface area (Å²) in [7, 11) is 1.49. The topological polar surface area (TPSA) is 58.6 Å². The Kier molecular flexibility index (Phi) is 4.37. The van der Waals surface area contributed by atoms with Crippen LogP contribution in [0.15, 0.2) is 42.5 Å². The normalized spacial score (nSPS) is 11.8. The van der Waals surface area contributed by atoms with Gasteiger partial charge >= 0.3 is 5.97 Å². The van der Waals surface area contributed by atoms with Crippen molar-refractivity contribution in [2.75, 3.05) is 12.4 Å². The third kappa shape index (κ3) is 3.47. The average molecular weight is 293 g/mol. The molecule has 0 bridgehead atoms. The lowest BCUT2D eigenvalue weighted by atomic mass is 10.1. The minimum Gasteiger partial charge on any atom is -0.497 e. The van der Waals surface area contributed by atoms with Gasteiger partial charge in [-0.15, -0.1) is 0 Å². The molecular formula is C15H13F2NO3. The number of halogens is 2. The Morgan fingerprint density at radius 2 is 1.95 bits per heavy atom. The van der Waals surface area contributed by atoms with E-state index in [-0.39, 0.29) is 5.56 Å². The highest BCUT2D eigenvalue weighted by Gasteiger charge is 2.21. The lowest BCUT2D eigenvalue weighted by Gasteiger charge is -2.17. The molecule has 110 valence electrons. The van der Waals surface area contributed by atoms with Crippen LogP contribution < -0.4 is 10.1 Å². The first-order chi connectivity index (χ1) is 10.0. The molecular weight excluding hydrogens is 280 g/mol. The van der Waals surface area contributed by atoms with Gasteiger partial charge in [0.1, 0.15) is 5.75 Å². The van der Waals surface area contributed by atoms with Crippen LogP contribution in [-0.4, -0.2) is 18.2 Å². The van der Waals surface area contributed by atoms with Crippen LogP contribution >= 0.6 is 0 Å². The lowest BCUT2D eigenvalue weighted by molar-refractivity contribution is -0.138. The third-order valence-electron chi connectivity index (χ3n) is 2.90. The quantitative estimate of drug-likeness (QED) is 0.888. The van der Waals surface area contributed by atoms with Crippen molar-refractivity contribution >= 4 is 11.7 Å². The summed E-state index contributed by atoms with van der Waals surface area (Å²) in [5, 5.41) is 12.0. The van der Waals surface area contributed by atoms with E-state index in [1.165, 1.54) is 13.2 Å². The van der Waals surface area contributed by atoms with Crippen molar-refractivity contribution in [2.45, 2.75) is 6.04 Å². The van der Waals surface area contributed by atoms with Crippen molar-refractivity contribution in [1.82, 2.24) is 0 Å². The summed E-state index contributed by atoms with van der Waals surface area (Å²) in [5.41, 5.74) is 0.607. The van der Waals surface area contributed by atoms with Gasteiger partial charge < -0.3 is 15.2 Å². The fourth-order valence-electron chi connectivity index (χ4n) is 1.86. The van der Waals surface area contributed by atoms with Crippen LogP contribution in [-0.2, 0) is 4.79 Å². The van der Waals surface area contributed by atoms with Gasteiger partial charge in [0, 0.05) is 11.8 Å². The van der Waals surface area contributed by atoms with Crippen LogP contribution in [0.1, 0.15) is 11.6 Å². The maximum absolute atomic E-state index is 13.2. The summed E-state index contributed by atoms with van der Waals surface area (Å²) < 4.78 is 31.2. The molecule has 21 heavy (non-hydrogen) atoms. The molecule has 4 nitrogen and oxygen atoms in total. The van der Waals surface area contributed by atoms with E-state index in [1.807, 2.05) is 0 Å². The summed E-state index contributed by atoms with van der Waals surface area (Å²) in [5.74, 6) is -2.77. The lowest BCUT2D eigenvalue weighted by Crippen LogP contribution is -2.20. The number of rotatable bonds is 5. The fourth-order valence-corrected chi connectivity index (χ4v) is 1.86. The smallest absolute Gasteiger partial charge is 0.330 e. The molecule has 0 spiro atoms. The number of methoxy groups -OCH3 is 1. The van der Waals surface area contributed by atoms with E-state index in [9.17, 15) is 18.7 Å². The third-order valence-corrected chi connectivity index (χ3v) is 2.90. The minimum atomic E-state index is -1.20. The largest absolute Gasteiger partial charge is 0.497 e. The van der Waals surface area contributed by atoms with Gasteiger partial charge in [-0.25, -0.2) is 13.6 Å². The van der Waals surface area contributed by atoms with E-state index in [1.54, 1.807) is 24.3 Å². The number of carboxylic acids is 1. The molecule has 0 amide bonds. The van der Waals surface area contributed by atoms with Crippen LogP contribution in [0.2, 0.25) is 0 Å². The molecule has 2 aromatic rings. The van der Waals surface area contributed by atoms with Gasteiger partial charge in [0.05, 0.1) is 7.11 Å². The van der Waals surface area contributed by atoms with E-state index in [4.69, 9.17) is 4.74 Å². The van der Waals surface area contributed by atoms with Gasteiger partial charge in [0.25, 0.3) is 0 Å². The predicted octanol–water partition coefficient (Wildman–Crippen LogP) is 3.21. The summed E-state index contributed by atoms with van der Waals surface area (Å²) in [6, 6.07) is 8.43. The zero-order valence-electron chi connectivity index (χ0n) is 11.1. The predicted molar refractivity (Wildman–Crippen MR) is 73.4 cm³/mol. The number of carbonyl (C=O) groups is 1. The zero-order valence-corrected chi connectivity index (χ0v) is 11.1. The SMILES string of the molecule is COc1cccc(NC(C(=O)O)c2ccc(F)c(F)c2)c1. The van der Waals surface area contributed by atoms with Gasteiger partial charge in [-0.1, -0.05) is 12.1 Å². The minimum absolute atomic E-state index is 0.115. The van der Waals surface area contributed by atoms with Crippen molar-refractivity contribution in [2.24, 2.45) is 0 Å². The summed E-state index contributed by atoms with van der Waals surface area (Å²) in [6.45, 7) is 0. The van der Waals surface area contributed by atoms with Gasteiger partial charge in [-0.2, -0.15) is 0 Å². The first-order valence-electron chi connectivity index (χ1n) is 6.09. The number of nitrogens with one attached hydrogen (secondary N) is 1. The van der Waals surface area contributed by atoms with E-state index in [0.29, 0.717) is 11.4 Å². The first kappa shape index (κ1) is 14.8. The Balaban J connectivity index is 2.30. The molecule has 2 rings (SSSR count). The summed E-state index contributed by atoms with van der Waals surface area (Å²) in [4.78, 5) is 11.3. The van der Waals surface area contributed by atoms with E-state index in [0.717, 1.165) is 12.1 Å². The van der Waals surface area contributed by atoms with Gasteiger partial charge in [-0.05, 0) is 29.8 Å². The molecule has 0 aliphatic heterocycles.